The fraction of sp³-hybridized carbons (Fsp3) is 0.471. The van der Waals surface area contributed by atoms with Gasteiger partial charge in [0.25, 0.3) is 0 Å². The zero-order chi connectivity index (χ0) is 31.9. The fourth-order valence-corrected chi connectivity index (χ4v) is 9.10. The fourth-order valence-electron chi connectivity index (χ4n) is 7.60. The van der Waals surface area contributed by atoms with Crippen molar-refractivity contribution in [2.75, 3.05) is 75.7 Å². The average molecular weight is 705 g/mol. The molecule has 0 radical (unpaired) electrons. The van der Waals surface area contributed by atoms with Gasteiger partial charge >= 0.3 is 0 Å². The predicted octanol–water partition coefficient (Wildman–Crippen LogP) is 5.96. The summed E-state index contributed by atoms with van der Waals surface area (Å²) in [5.74, 6) is 2.79. The van der Waals surface area contributed by atoms with Crippen LogP contribution in [0.5, 0.6) is 5.75 Å². The van der Waals surface area contributed by atoms with Crippen LogP contribution in [-0.2, 0) is 0 Å². The lowest BCUT2D eigenvalue weighted by atomic mass is 10.0. The number of hydrogen-bond donors (Lipinski definition) is 2. The Morgan fingerprint density at radius 3 is 2.52 bits per heavy atom. The number of halogens is 1. The van der Waals surface area contributed by atoms with Gasteiger partial charge in [-0.3, -0.25) is 14.9 Å². The van der Waals surface area contributed by atoms with E-state index in [0.29, 0.717) is 17.8 Å². The van der Waals surface area contributed by atoms with E-state index in [1.165, 1.54) is 50.1 Å². The average Bonchev–Trinajstić information content (AvgIpc) is 3.64. The van der Waals surface area contributed by atoms with Crippen LogP contribution in [0.4, 0.5) is 28.8 Å². The summed E-state index contributed by atoms with van der Waals surface area (Å²) in [4.78, 5) is 26.4. The zero-order valence-electron chi connectivity index (χ0n) is 27.3. The van der Waals surface area contributed by atoms with Gasteiger partial charge in [0, 0.05) is 79.6 Å². The van der Waals surface area contributed by atoms with Gasteiger partial charge in [0.15, 0.2) is 0 Å². The molecular weight excluding hydrogens is 661 g/mol. The number of benzene rings is 2. The van der Waals surface area contributed by atoms with Gasteiger partial charge in [0.1, 0.15) is 11.6 Å². The minimum atomic E-state index is -0.462. The van der Waals surface area contributed by atoms with Crippen molar-refractivity contribution < 1.29 is 4.74 Å². The summed E-state index contributed by atoms with van der Waals surface area (Å²) in [6, 6.07) is 9.82. The van der Waals surface area contributed by atoms with Crippen LogP contribution >= 0.6 is 23.9 Å². The number of likely N-dealkylation sites (tertiary alicyclic amines) is 2. The third-order valence-electron chi connectivity index (χ3n) is 10.00. The molecule has 3 fully saturated rings. The van der Waals surface area contributed by atoms with Crippen LogP contribution in [0.1, 0.15) is 24.8 Å². The highest BCUT2D eigenvalue weighted by molar-refractivity contribution is 9.10. The van der Waals surface area contributed by atoms with E-state index < -0.39 is 7.92 Å². The monoisotopic (exact) mass is 703 g/mol. The van der Waals surface area contributed by atoms with Crippen LogP contribution in [0, 0.1) is 12.8 Å². The number of methoxy groups -OCH3 is 1. The molecule has 0 bridgehead atoms. The maximum absolute atomic E-state index is 5.90. The molecule has 4 aromatic rings. The number of hydrogen-bond acceptors (Lipinski definition) is 10. The van der Waals surface area contributed by atoms with Crippen LogP contribution in [0.25, 0.3) is 11.0 Å². The zero-order valence-corrected chi connectivity index (χ0v) is 29.8. The third-order valence-corrected chi connectivity index (χ3v) is 11.9. The van der Waals surface area contributed by atoms with Crippen molar-refractivity contribution in [3.63, 3.8) is 0 Å². The molecule has 0 saturated carbocycles. The second kappa shape index (κ2) is 13.2. The lowest BCUT2D eigenvalue weighted by molar-refractivity contribution is 0.180. The van der Waals surface area contributed by atoms with E-state index in [0.717, 1.165) is 63.0 Å². The molecule has 46 heavy (non-hydrogen) atoms. The second-order valence-corrected chi connectivity index (χ2v) is 16.1. The summed E-state index contributed by atoms with van der Waals surface area (Å²) in [5, 5.41) is 8.12. The Morgan fingerprint density at radius 2 is 1.76 bits per heavy atom. The summed E-state index contributed by atoms with van der Waals surface area (Å²) >= 11 is 3.65. The molecule has 242 valence electrons. The molecule has 0 amide bonds. The highest BCUT2D eigenvalue weighted by atomic mass is 79.9. The first-order chi connectivity index (χ1) is 22.3. The van der Waals surface area contributed by atoms with E-state index in [2.05, 4.69) is 102 Å². The van der Waals surface area contributed by atoms with Gasteiger partial charge in [-0.1, -0.05) is 7.92 Å². The first-order valence-electron chi connectivity index (χ1n) is 16.1. The van der Waals surface area contributed by atoms with Crippen LogP contribution < -0.4 is 25.6 Å². The van der Waals surface area contributed by atoms with Crippen LogP contribution in [0.2, 0.25) is 0 Å². The number of nitrogens with zero attached hydrogens (tertiary/aromatic N) is 7. The van der Waals surface area contributed by atoms with Gasteiger partial charge in [-0.15, -0.1) is 0 Å². The van der Waals surface area contributed by atoms with Crippen LogP contribution in [0.3, 0.4) is 0 Å². The lowest BCUT2D eigenvalue weighted by Gasteiger charge is -2.39. The largest absolute Gasteiger partial charge is 0.494 e. The SMILES string of the molecule is COc1cc(N2CCC(N3CC4CCN(C)C4C3)CC2)c(C)cc1Nc1ncc(Br)c(Nc2ccc3nccnc3c2P(C)C)n1. The summed E-state index contributed by atoms with van der Waals surface area (Å²) < 4.78 is 6.67. The Labute approximate surface area is 281 Å². The number of aromatic nitrogens is 4. The molecule has 2 aromatic heterocycles. The molecule has 5 heterocycles. The Morgan fingerprint density at radius 1 is 0.957 bits per heavy atom. The van der Waals surface area contributed by atoms with Gasteiger partial charge in [-0.2, -0.15) is 4.98 Å². The van der Waals surface area contributed by atoms with Gasteiger partial charge < -0.3 is 25.2 Å². The van der Waals surface area contributed by atoms with Crippen molar-refractivity contribution in [2.24, 2.45) is 5.92 Å². The molecule has 12 heteroatoms. The number of ether oxygens (including phenoxy) is 1. The molecule has 3 saturated heterocycles. The molecule has 3 aliphatic rings. The molecule has 7 rings (SSSR count). The molecule has 2 atom stereocenters. The molecule has 0 aliphatic carbocycles. The van der Waals surface area contributed by atoms with Crippen molar-refractivity contribution in [3.05, 3.63) is 52.9 Å². The number of aryl methyl sites for hydroxylation is 1. The van der Waals surface area contributed by atoms with E-state index in [1.807, 2.05) is 6.07 Å². The number of rotatable bonds is 8. The highest BCUT2D eigenvalue weighted by Gasteiger charge is 2.42. The Bertz CT molecular complexity index is 1730. The molecule has 2 N–H and O–H groups in total. The van der Waals surface area contributed by atoms with Crippen molar-refractivity contribution in [3.8, 4) is 5.75 Å². The summed E-state index contributed by atoms with van der Waals surface area (Å²) in [6.45, 7) is 12.5. The minimum absolute atomic E-state index is 0.462. The maximum atomic E-state index is 5.90. The Hall–Kier alpha value is -3.11. The number of piperidine rings is 1. The number of nitrogens with one attached hydrogen (secondary N) is 2. The smallest absolute Gasteiger partial charge is 0.229 e. The van der Waals surface area contributed by atoms with E-state index >= 15 is 0 Å². The topological polar surface area (TPSA) is 94.6 Å². The first kappa shape index (κ1) is 31.5. The Kier molecular flexibility index (Phi) is 9.02. The van der Waals surface area contributed by atoms with Crippen molar-refractivity contribution in [1.29, 1.82) is 0 Å². The number of anilines is 5. The molecule has 10 nitrogen and oxygen atoms in total. The lowest BCUT2D eigenvalue weighted by Crippen LogP contribution is -2.45. The highest BCUT2D eigenvalue weighted by Crippen LogP contribution is 2.39. The van der Waals surface area contributed by atoms with Crippen molar-refractivity contribution >= 4 is 69.0 Å². The maximum Gasteiger partial charge on any atom is 0.229 e. The standard InChI is InChI=1S/C34H43BrN9OP/c1-21-16-27(30(45-3)17-28(21)43-14-9-23(10-15-43)44-19-22-8-13-42(2)29(22)20-44)40-34-38-18-24(35)33(41-34)39-26-7-6-25-31(32(26)46(4)5)37-12-11-36-25/h6-7,11-12,16-18,22-23,29H,8-10,13-15,19-20H2,1-5H3,(H2,38,39,40,41). The molecule has 2 aromatic carbocycles. The van der Waals surface area contributed by atoms with Crippen molar-refractivity contribution in [2.45, 2.75) is 38.3 Å². The molecule has 0 spiro atoms. The Balaban J connectivity index is 1.06. The van der Waals surface area contributed by atoms with E-state index in [9.17, 15) is 0 Å². The first-order valence-corrected chi connectivity index (χ1v) is 19.2. The van der Waals surface area contributed by atoms with Gasteiger partial charge in [0.05, 0.1) is 28.3 Å². The van der Waals surface area contributed by atoms with Crippen molar-refractivity contribution in [1.82, 2.24) is 29.7 Å². The van der Waals surface area contributed by atoms with Gasteiger partial charge in [0.2, 0.25) is 5.95 Å². The summed E-state index contributed by atoms with van der Waals surface area (Å²) in [7, 11) is 3.56. The predicted molar refractivity (Wildman–Crippen MR) is 193 cm³/mol. The van der Waals surface area contributed by atoms with E-state index in [1.54, 1.807) is 25.7 Å². The molecular formula is C34H43BrN9OP. The number of likely N-dealkylation sites (N-methyl/N-ethyl adjacent to an activating group) is 1. The quantitative estimate of drug-likeness (QED) is 0.214. The van der Waals surface area contributed by atoms with E-state index in [-0.39, 0.29) is 0 Å². The summed E-state index contributed by atoms with van der Waals surface area (Å²) in [6.07, 6.45) is 9.01. The second-order valence-electron chi connectivity index (χ2n) is 13.0. The van der Waals surface area contributed by atoms with Gasteiger partial charge in [-0.05, 0) is 98.7 Å². The molecule has 2 unspecified atom stereocenters. The molecule has 3 aliphatic heterocycles. The van der Waals surface area contributed by atoms with E-state index in [4.69, 9.17) is 9.72 Å². The normalized spacial score (nSPS) is 20.9. The van der Waals surface area contributed by atoms with Crippen LogP contribution in [-0.4, -0.2) is 102 Å². The summed E-state index contributed by atoms with van der Waals surface area (Å²) in [5.41, 5.74) is 6.06. The minimum Gasteiger partial charge on any atom is -0.494 e. The van der Waals surface area contributed by atoms with Gasteiger partial charge in [-0.25, -0.2) is 4.98 Å². The third kappa shape index (κ3) is 6.15. The van der Waals surface area contributed by atoms with Crippen LogP contribution in [0.15, 0.2) is 47.3 Å². The number of fused-ring (bicyclic) bond motifs is 2.